The van der Waals surface area contributed by atoms with E-state index in [0.717, 1.165) is 18.5 Å². The van der Waals surface area contributed by atoms with Crippen molar-refractivity contribution in [2.24, 2.45) is 0 Å². The first-order valence-electron chi connectivity index (χ1n) is 8.76. The Labute approximate surface area is 154 Å². The summed E-state index contributed by atoms with van der Waals surface area (Å²) in [5.41, 5.74) is 1.09. The average molecular weight is 372 g/mol. The molecule has 4 heterocycles. The molecular formula is C18H20N4O3S. The third-order valence-electron chi connectivity index (χ3n) is 5.08. The highest BCUT2D eigenvalue weighted by Gasteiger charge is 2.32. The molecule has 26 heavy (non-hydrogen) atoms. The van der Waals surface area contributed by atoms with Crippen LogP contribution in [0.15, 0.2) is 22.3 Å². The van der Waals surface area contributed by atoms with Crippen LogP contribution >= 0.6 is 11.3 Å². The van der Waals surface area contributed by atoms with E-state index in [1.807, 2.05) is 11.4 Å². The summed E-state index contributed by atoms with van der Waals surface area (Å²) in [7, 11) is 0. The van der Waals surface area contributed by atoms with Gasteiger partial charge in [-0.1, -0.05) is 6.07 Å². The Morgan fingerprint density at radius 3 is 2.92 bits per heavy atom. The molecule has 0 radical (unpaired) electrons. The predicted octanol–water partition coefficient (Wildman–Crippen LogP) is 1.71. The van der Waals surface area contributed by atoms with Gasteiger partial charge < -0.3 is 14.8 Å². The molecule has 2 aromatic heterocycles. The second-order valence-corrected chi connectivity index (χ2v) is 7.65. The van der Waals surface area contributed by atoms with Crippen LogP contribution in [0.1, 0.15) is 52.6 Å². The lowest BCUT2D eigenvalue weighted by molar-refractivity contribution is -0.129. The van der Waals surface area contributed by atoms with E-state index in [-0.39, 0.29) is 30.0 Å². The first-order chi connectivity index (χ1) is 12.5. The standard InChI is InChI=1S/C18H20N4O3S/c1-11(23)22-7-2-4-14(22)16-19-13-6-8-21(10-12(13)17(24)20-16)18(25)15-5-3-9-26-15/h3,5,9,14H,2,4,6-8,10H2,1H3,(H,19,20,24)/t14-/m1/s1. The fraction of sp³-hybridized carbons (Fsp3) is 0.444. The summed E-state index contributed by atoms with van der Waals surface area (Å²) in [4.78, 5) is 48.6. The van der Waals surface area contributed by atoms with E-state index in [2.05, 4.69) is 9.97 Å². The lowest BCUT2D eigenvalue weighted by Gasteiger charge is -2.29. The van der Waals surface area contributed by atoms with E-state index in [0.29, 0.717) is 35.8 Å². The Hall–Kier alpha value is -2.48. The van der Waals surface area contributed by atoms with Crippen LogP contribution in [0.5, 0.6) is 0 Å². The van der Waals surface area contributed by atoms with Crippen molar-refractivity contribution < 1.29 is 9.59 Å². The largest absolute Gasteiger partial charge is 0.333 e. The number of H-pyrrole nitrogens is 1. The van der Waals surface area contributed by atoms with Crippen LogP contribution in [0, 0.1) is 0 Å². The lowest BCUT2D eigenvalue weighted by Crippen LogP contribution is -2.40. The number of amides is 2. The monoisotopic (exact) mass is 372 g/mol. The van der Waals surface area contributed by atoms with Gasteiger partial charge in [0.2, 0.25) is 5.91 Å². The second kappa shape index (κ2) is 6.68. The molecule has 2 aliphatic rings. The molecule has 7 nitrogen and oxygen atoms in total. The van der Waals surface area contributed by atoms with Crippen molar-refractivity contribution in [3.8, 4) is 0 Å². The number of likely N-dealkylation sites (tertiary alicyclic amines) is 1. The summed E-state index contributed by atoms with van der Waals surface area (Å²) < 4.78 is 0. The highest BCUT2D eigenvalue weighted by molar-refractivity contribution is 7.12. The molecule has 0 unspecified atom stereocenters. The number of nitrogens with zero attached hydrogens (tertiary/aromatic N) is 3. The second-order valence-electron chi connectivity index (χ2n) is 6.70. The topological polar surface area (TPSA) is 86.4 Å². The van der Waals surface area contributed by atoms with Gasteiger partial charge in [0, 0.05) is 26.4 Å². The molecule has 136 valence electrons. The SMILES string of the molecule is CC(=O)N1CCC[C@@H]1c1nc2c(c(=O)[nH]1)CN(C(=O)c1cccs1)CC2. The Morgan fingerprint density at radius 2 is 2.19 bits per heavy atom. The molecule has 8 heteroatoms. The molecule has 0 bridgehead atoms. The number of hydrogen-bond acceptors (Lipinski definition) is 5. The normalized spacial score (nSPS) is 19.5. The van der Waals surface area contributed by atoms with Gasteiger partial charge in [-0.15, -0.1) is 11.3 Å². The summed E-state index contributed by atoms with van der Waals surface area (Å²) in [5, 5.41) is 1.87. The van der Waals surface area contributed by atoms with E-state index in [4.69, 9.17) is 0 Å². The van der Waals surface area contributed by atoms with Gasteiger partial charge in [-0.25, -0.2) is 4.98 Å². The minimum absolute atomic E-state index is 0.000546. The molecule has 0 aliphatic carbocycles. The predicted molar refractivity (Wildman–Crippen MR) is 97.0 cm³/mol. The Bertz CT molecular complexity index is 906. The van der Waals surface area contributed by atoms with Gasteiger partial charge >= 0.3 is 0 Å². The number of carbonyl (C=O) groups excluding carboxylic acids is 2. The van der Waals surface area contributed by atoms with Crippen LogP contribution in [0.4, 0.5) is 0 Å². The molecule has 1 fully saturated rings. The molecule has 2 aliphatic heterocycles. The number of nitrogens with one attached hydrogen (secondary N) is 1. The van der Waals surface area contributed by atoms with E-state index < -0.39 is 0 Å². The lowest BCUT2D eigenvalue weighted by atomic mass is 10.1. The molecule has 0 aromatic carbocycles. The van der Waals surface area contributed by atoms with Crippen molar-refractivity contribution in [1.82, 2.24) is 19.8 Å². The number of thiophene rings is 1. The fourth-order valence-corrected chi connectivity index (χ4v) is 4.45. The van der Waals surface area contributed by atoms with Gasteiger partial charge in [0.05, 0.1) is 28.7 Å². The zero-order valence-electron chi connectivity index (χ0n) is 14.5. The van der Waals surface area contributed by atoms with Gasteiger partial charge in [0.15, 0.2) is 0 Å². The van der Waals surface area contributed by atoms with Gasteiger partial charge in [-0.2, -0.15) is 0 Å². The van der Waals surface area contributed by atoms with E-state index in [9.17, 15) is 14.4 Å². The van der Waals surface area contributed by atoms with Crippen molar-refractivity contribution in [2.75, 3.05) is 13.1 Å². The van der Waals surface area contributed by atoms with Crippen LogP contribution in [0.2, 0.25) is 0 Å². The molecular weight excluding hydrogens is 352 g/mol. The molecule has 2 amide bonds. The summed E-state index contributed by atoms with van der Waals surface area (Å²) >= 11 is 1.40. The molecule has 1 saturated heterocycles. The first-order valence-corrected chi connectivity index (χ1v) is 9.64. The number of aromatic nitrogens is 2. The van der Waals surface area contributed by atoms with Gasteiger partial charge in [0.1, 0.15) is 5.82 Å². The zero-order chi connectivity index (χ0) is 18.3. The van der Waals surface area contributed by atoms with Gasteiger partial charge in [-0.3, -0.25) is 14.4 Å². The summed E-state index contributed by atoms with van der Waals surface area (Å²) in [6.45, 7) is 3.06. The number of carbonyl (C=O) groups is 2. The van der Waals surface area contributed by atoms with Crippen molar-refractivity contribution in [3.05, 3.63) is 49.8 Å². The van der Waals surface area contributed by atoms with Crippen LogP contribution < -0.4 is 5.56 Å². The van der Waals surface area contributed by atoms with Crippen molar-refractivity contribution in [3.63, 3.8) is 0 Å². The Morgan fingerprint density at radius 1 is 1.35 bits per heavy atom. The smallest absolute Gasteiger partial charge is 0.264 e. The fourth-order valence-electron chi connectivity index (χ4n) is 3.76. The van der Waals surface area contributed by atoms with Crippen molar-refractivity contribution in [2.45, 2.75) is 38.8 Å². The third-order valence-corrected chi connectivity index (χ3v) is 5.94. The van der Waals surface area contributed by atoms with E-state index in [1.165, 1.54) is 11.3 Å². The van der Waals surface area contributed by atoms with Crippen LogP contribution in [-0.2, 0) is 17.8 Å². The maximum atomic E-state index is 12.6. The van der Waals surface area contributed by atoms with Crippen LogP contribution in [0.3, 0.4) is 0 Å². The quantitative estimate of drug-likeness (QED) is 0.870. The van der Waals surface area contributed by atoms with Gasteiger partial charge in [0.25, 0.3) is 11.5 Å². The third kappa shape index (κ3) is 2.94. The molecule has 1 atom stereocenters. The number of rotatable bonds is 2. The Kier molecular flexibility index (Phi) is 4.36. The van der Waals surface area contributed by atoms with Crippen LogP contribution in [-0.4, -0.2) is 44.7 Å². The number of hydrogen-bond donors (Lipinski definition) is 1. The Balaban J connectivity index is 1.61. The zero-order valence-corrected chi connectivity index (χ0v) is 15.3. The average Bonchev–Trinajstić information content (AvgIpc) is 3.32. The highest BCUT2D eigenvalue weighted by atomic mass is 32.1. The first kappa shape index (κ1) is 17.0. The van der Waals surface area contributed by atoms with Crippen LogP contribution in [0.25, 0.3) is 0 Å². The molecule has 0 saturated carbocycles. The van der Waals surface area contributed by atoms with Crippen molar-refractivity contribution in [1.29, 1.82) is 0 Å². The summed E-state index contributed by atoms with van der Waals surface area (Å²) in [6.07, 6.45) is 2.27. The molecule has 2 aromatic rings. The number of aromatic amines is 1. The maximum Gasteiger partial charge on any atom is 0.264 e. The minimum Gasteiger partial charge on any atom is -0.333 e. The summed E-state index contributed by atoms with van der Waals surface area (Å²) in [5.74, 6) is 0.521. The van der Waals surface area contributed by atoms with Crippen molar-refractivity contribution >= 4 is 23.2 Å². The molecule has 4 rings (SSSR count). The number of fused-ring (bicyclic) bond motifs is 1. The molecule has 1 N–H and O–H groups in total. The summed E-state index contributed by atoms with van der Waals surface area (Å²) in [6, 6.07) is 3.49. The maximum absolute atomic E-state index is 12.6. The van der Waals surface area contributed by atoms with E-state index in [1.54, 1.807) is 22.8 Å². The van der Waals surface area contributed by atoms with Gasteiger partial charge in [-0.05, 0) is 24.3 Å². The molecule has 0 spiro atoms. The highest BCUT2D eigenvalue weighted by Crippen LogP contribution is 2.30. The van der Waals surface area contributed by atoms with E-state index >= 15 is 0 Å². The minimum atomic E-state index is -0.205.